The minimum absolute atomic E-state index is 0.00163. The van der Waals surface area contributed by atoms with Gasteiger partial charge in [-0.2, -0.15) is 0 Å². The van der Waals surface area contributed by atoms with Crippen molar-refractivity contribution >= 4 is 40.2 Å². The molecule has 0 saturated heterocycles. The Morgan fingerprint density at radius 3 is 2.72 bits per heavy atom. The van der Waals surface area contributed by atoms with Crippen LogP contribution in [0.5, 0.6) is 0 Å². The first kappa shape index (κ1) is 19.6. The van der Waals surface area contributed by atoms with Crippen LogP contribution in [0.15, 0.2) is 47.4 Å². The summed E-state index contributed by atoms with van der Waals surface area (Å²) < 4.78 is 0. The highest BCUT2D eigenvalue weighted by atomic mass is 32.2. The Balaban J connectivity index is 1.52. The average molecular weight is 408 g/mol. The highest BCUT2D eigenvalue weighted by Gasteiger charge is 2.22. The number of amides is 2. The van der Waals surface area contributed by atoms with E-state index in [0.717, 1.165) is 34.3 Å². The van der Waals surface area contributed by atoms with Gasteiger partial charge in [0.1, 0.15) is 0 Å². The highest BCUT2D eigenvalue weighted by molar-refractivity contribution is 7.98. The number of rotatable bonds is 5. The Morgan fingerprint density at radius 2 is 1.90 bits per heavy atom. The number of para-hydroxylation sites is 2. The SMILES string of the molecule is CSc1ccccc1NC(=O)CN(C)C(=O)c1cccc2c3c([nH]c12)CCCC3. The highest BCUT2D eigenvalue weighted by Crippen LogP contribution is 2.31. The van der Waals surface area contributed by atoms with Crippen molar-refractivity contribution in [2.75, 3.05) is 25.2 Å². The van der Waals surface area contributed by atoms with Crippen molar-refractivity contribution in [1.29, 1.82) is 0 Å². The minimum atomic E-state index is -0.208. The van der Waals surface area contributed by atoms with Crippen LogP contribution in [0.4, 0.5) is 5.69 Å². The molecule has 0 radical (unpaired) electrons. The zero-order valence-corrected chi connectivity index (χ0v) is 17.6. The van der Waals surface area contributed by atoms with Crippen LogP contribution in [0.1, 0.15) is 34.5 Å². The van der Waals surface area contributed by atoms with Crippen molar-refractivity contribution in [2.24, 2.45) is 0 Å². The smallest absolute Gasteiger partial charge is 0.256 e. The third-order valence-electron chi connectivity index (χ3n) is 5.47. The number of nitrogens with zero attached hydrogens (tertiary/aromatic N) is 1. The Bertz CT molecular complexity index is 1070. The van der Waals surface area contributed by atoms with E-state index in [1.165, 1.54) is 29.0 Å². The van der Waals surface area contributed by atoms with Gasteiger partial charge in [-0.25, -0.2) is 0 Å². The Hall–Kier alpha value is -2.73. The monoisotopic (exact) mass is 407 g/mol. The number of thioether (sulfide) groups is 1. The second kappa shape index (κ2) is 8.33. The number of benzene rings is 2. The molecule has 2 aromatic carbocycles. The van der Waals surface area contributed by atoms with E-state index in [2.05, 4.69) is 16.4 Å². The van der Waals surface area contributed by atoms with Crippen LogP contribution in [0.2, 0.25) is 0 Å². The number of anilines is 1. The summed E-state index contributed by atoms with van der Waals surface area (Å²) in [5.41, 5.74) is 4.88. The quantitative estimate of drug-likeness (QED) is 0.613. The second-order valence-electron chi connectivity index (χ2n) is 7.43. The Labute approximate surface area is 174 Å². The van der Waals surface area contributed by atoms with Gasteiger partial charge in [0.05, 0.1) is 23.3 Å². The zero-order valence-electron chi connectivity index (χ0n) is 16.7. The zero-order chi connectivity index (χ0) is 20.4. The predicted octanol–water partition coefficient (Wildman–Crippen LogP) is 4.48. The van der Waals surface area contributed by atoms with Gasteiger partial charge in [0.15, 0.2) is 0 Å². The molecule has 0 atom stereocenters. The fourth-order valence-electron chi connectivity index (χ4n) is 4.04. The first-order valence-corrected chi connectivity index (χ1v) is 11.1. The maximum Gasteiger partial charge on any atom is 0.256 e. The molecule has 0 unspecified atom stereocenters. The third kappa shape index (κ3) is 3.90. The molecule has 150 valence electrons. The molecule has 3 aromatic rings. The van der Waals surface area contributed by atoms with Gasteiger partial charge in [-0.1, -0.05) is 24.3 Å². The van der Waals surface area contributed by atoms with E-state index >= 15 is 0 Å². The Kier molecular flexibility index (Phi) is 5.62. The molecule has 1 aliphatic carbocycles. The van der Waals surface area contributed by atoms with Crippen LogP contribution in [0.3, 0.4) is 0 Å². The van der Waals surface area contributed by atoms with Gasteiger partial charge >= 0.3 is 0 Å². The number of aromatic amines is 1. The average Bonchev–Trinajstić information content (AvgIpc) is 3.12. The minimum Gasteiger partial charge on any atom is -0.358 e. The van der Waals surface area contributed by atoms with Crippen molar-refractivity contribution < 1.29 is 9.59 Å². The van der Waals surface area contributed by atoms with Gasteiger partial charge in [-0.15, -0.1) is 11.8 Å². The van der Waals surface area contributed by atoms with Crippen LogP contribution >= 0.6 is 11.8 Å². The van der Waals surface area contributed by atoms with E-state index in [4.69, 9.17) is 0 Å². The lowest BCUT2D eigenvalue weighted by molar-refractivity contribution is -0.116. The summed E-state index contributed by atoms with van der Waals surface area (Å²) in [6.45, 7) is -0.00163. The number of aromatic nitrogens is 1. The number of carbonyl (C=O) groups is 2. The molecule has 0 spiro atoms. The molecule has 1 heterocycles. The van der Waals surface area contributed by atoms with Gasteiger partial charge in [0.25, 0.3) is 5.91 Å². The van der Waals surface area contributed by atoms with Gasteiger partial charge in [-0.05, 0) is 55.7 Å². The summed E-state index contributed by atoms with van der Waals surface area (Å²) in [7, 11) is 1.67. The topological polar surface area (TPSA) is 65.2 Å². The predicted molar refractivity (Wildman–Crippen MR) is 119 cm³/mol. The van der Waals surface area contributed by atoms with Crippen LogP contribution in [-0.2, 0) is 17.6 Å². The number of aryl methyl sites for hydroxylation is 2. The fraction of sp³-hybridized carbons (Fsp3) is 0.304. The molecule has 0 saturated carbocycles. The van der Waals surface area contributed by atoms with Crippen molar-refractivity contribution in [2.45, 2.75) is 30.6 Å². The number of hydrogen-bond donors (Lipinski definition) is 2. The van der Waals surface area contributed by atoms with E-state index in [9.17, 15) is 9.59 Å². The second-order valence-corrected chi connectivity index (χ2v) is 8.28. The summed E-state index contributed by atoms with van der Waals surface area (Å²) in [6.07, 6.45) is 6.43. The molecular formula is C23H25N3O2S. The van der Waals surface area contributed by atoms with Crippen LogP contribution in [0, 0.1) is 0 Å². The van der Waals surface area contributed by atoms with Crippen molar-refractivity contribution in [3.63, 3.8) is 0 Å². The van der Waals surface area contributed by atoms with Crippen molar-refractivity contribution in [1.82, 2.24) is 9.88 Å². The number of fused-ring (bicyclic) bond motifs is 3. The molecule has 0 aliphatic heterocycles. The number of hydrogen-bond acceptors (Lipinski definition) is 3. The largest absolute Gasteiger partial charge is 0.358 e. The fourth-order valence-corrected chi connectivity index (χ4v) is 4.59. The van der Waals surface area contributed by atoms with Crippen LogP contribution < -0.4 is 5.32 Å². The maximum absolute atomic E-state index is 13.1. The molecule has 2 amide bonds. The van der Waals surface area contributed by atoms with Gasteiger partial charge in [-0.3, -0.25) is 9.59 Å². The van der Waals surface area contributed by atoms with Gasteiger partial charge < -0.3 is 15.2 Å². The molecule has 1 aromatic heterocycles. The molecule has 1 aliphatic rings. The number of carbonyl (C=O) groups excluding carboxylic acids is 2. The molecule has 5 nitrogen and oxygen atoms in total. The van der Waals surface area contributed by atoms with Gasteiger partial charge in [0, 0.05) is 23.0 Å². The summed E-state index contributed by atoms with van der Waals surface area (Å²) in [5.74, 6) is -0.359. The molecule has 4 rings (SSSR count). The molecule has 0 bridgehead atoms. The standard InChI is InChI=1S/C23H25N3O2S/c1-26(14-21(27)24-19-12-5-6-13-20(19)29-2)23(28)17-10-7-9-16-15-8-3-4-11-18(15)25-22(16)17/h5-7,9-10,12-13,25H,3-4,8,11,14H2,1-2H3,(H,24,27). The summed E-state index contributed by atoms with van der Waals surface area (Å²) >= 11 is 1.57. The summed E-state index contributed by atoms with van der Waals surface area (Å²) in [4.78, 5) is 31.6. The number of H-pyrrole nitrogens is 1. The van der Waals surface area contributed by atoms with Crippen LogP contribution in [-0.4, -0.2) is 41.5 Å². The first-order valence-electron chi connectivity index (χ1n) is 9.89. The van der Waals surface area contributed by atoms with E-state index in [1.807, 2.05) is 42.7 Å². The van der Waals surface area contributed by atoms with Crippen molar-refractivity contribution in [3.05, 3.63) is 59.3 Å². The van der Waals surface area contributed by atoms with E-state index in [1.54, 1.807) is 18.8 Å². The molecular weight excluding hydrogens is 382 g/mol. The lowest BCUT2D eigenvalue weighted by atomic mass is 9.95. The van der Waals surface area contributed by atoms with E-state index in [0.29, 0.717) is 5.56 Å². The molecule has 0 fully saturated rings. The molecule has 2 N–H and O–H groups in total. The third-order valence-corrected chi connectivity index (χ3v) is 6.27. The van der Waals surface area contributed by atoms with Crippen LogP contribution in [0.25, 0.3) is 10.9 Å². The van der Waals surface area contributed by atoms with Gasteiger partial charge in [0.2, 0.25) is 5.91 Å². The lowest BCUT2D eigenvalue weighted by Crippen LogP contribution is -2.35. The molecule has 29 heavy (non-hydrogen) atoms. The van der Waals surface area contributed by atoms with E-state index < -0.39 is 0 Å². The maximum atomic E-state index is 13.1. The molecule has 6 heteroatoms. The first-order chi connectivity index (χ1) is 14.1. The summed E-state index contributed by atoms with van der Waals surface area (Å²) in [6, 6.07) is 13.5. The normalized spacial score (nSPS) is 13.2. The number of likely N-dealkylation sites (N-methyl/N-ethyl adjacent to an activating group) is 1. The summed E-state index contributed by atoms with van der Waals surface area (Å²) in [5, 5.41) is 4.05. The van der Waals surface area contributed by atoms with Crippen molar-refractivity contribution in [3.8, 4) is 0 Å². The number of nitrogens with one attached hydrogen (secondary N) is 2. The van der Waals surface area contributed by atoms with E-state index in [-0.39, 0.29) is 18.4 Å². The lowest BCUT2D eigenvalue weighted by Gasteiger charge is -2.18. The Morgan fingerprint density at radius 1 is 1.10 bits per heavy atom.